The van der Waals surface area contributed by atoms with Crippen LogP contribution in [0.5, 0.6) is 0 Å². The van der Waals surface area contributed by atoms with Crippen LogP contribution in [0.1, 0.15) is 17.5 Å². The molecule has 0 radical (unpaired) electrons. The summed E-state index contributed by atoms with van der Waals surface area (Å²) in [7, 11) is 0. The molecule has 0 N–H and O–H groups in total. The van der Waals surface area contributed by atoms with E-state index in [0.717, 1.165) is 32.1 Å². The van der Waals surface area contributed by atoms with Crippen molar-refractivity contribution in [3.8, 4) is 0 Å². The van der Waals surface area contributed by atoms with Crippen molar-refractivity contribution in [1.82, 2.24) is 4.90 Å². The van der Waals surface area contributed by atoms with Crippen molar-refractivity contribution in [2.45, 2.75) is 19.1 Å². The molecule has 1 heterocycles. The molecule has 3 heteroatoms. The second-order valence-electron chi connectivity index (χ2n) is 4.85. The summed E-state index contributed by atoms with van der Waals surface area (Å²) in [5.74, 6) is 2.40. The zero-order valence-corrected chi connectivity index (χ0v) is 12.0. The molecule has 0 spiro atoms. The van der Waals surface area contributed by atoms with Crippen molar-refractivity contribution in [3.05, 3.63) is 35.4 Å². The number of hydrogen-bond acceptors (Lipinski definition) is 3. The van der Waals surface area contributed by atoms with E-state index in [1.165, 1.54) is 29.8 Å². The van der Waals surface area contributed by atoms with E-state index >= 15 is 0 Å². The molecule has 0 aliphatic carbocycles. The van der Waals surface area contributed by atoms with Gasteiger partial charge in [0, 0.05) is 18.8 Å². The highest BCUT2D eigenvalue weighted by Crippen LogP contribution is 2.14. The Labute approximate surface area is 115 Å². The maximum absolute atomic E-state index is 5.35. The zero-order chi connectivity index (χ0) is 12.6. The standard InChI is InChI=1S/C15H23NOS/c1-14-3-5-15(6-4-14)13-18-12-2-7-16-8-10-17-11-9-16/h3-6H,2,7-13H2,1H3. The van der Waals surface area contributed by atoms with E-state index in [-0.39, 0.29) is 0 Å². The Morgan fingerprint density at radius 1 is 1.17 bits per heavy atom. The van der Waals surface area contributed by atoms with Crippen LogP contribution < -0.4 is 0 Å². The van der Waals surface area contributed by atoms with Crippen LogP contribution >= 0.6 is 11.8 Å². The minimum absolute atomic E-state index is 0.913. The highest BCUT2D eigenvalue weighted by Gasteiger charge is 2.08. The van der Waals surface area contributed by atoms with Crippen molar-refractivity contribution < 1.29 is 4.74 Å². The van der Waals surface area contributed by atoms with E-state index in [2.05, 4.69) is 36.1 Å². The molecule has 0 aromatic heterocycles. The second-order valence-corrected chi connectivity index (χ2v) is 5.95. The first kappa shape index (κ1) is 13.9. The number of morpholine rings is 1. The zero-order valence-electron chi connectivity index (χ0n) is 11.2. The average Bonchev–Trinajstić information content (AvgIpc) is 2.42. The quantitative estimate of drug-likeness (QED) is 0.734. The van der Waals surface area contributed by atoms with Gasteiger partial charge in [0.05, 0.1) is 13.2 Å². The van der Waals surface area contributed by atoms with Gasteiger partial charge in [0.1, 0.15) is 0 Å². The molecule has 1 fully saturated rings. The molecule has 1 saturated heterocycles. The van der Waals surface area contributed by atoms with Gasteiger partial charge >= 0.3 is 0 Å². The van der Waals surface area contributed by atoms with Gasteiger partial charge in [-0.2, -0.15) is 11.8 Å². The summed E-state index contributed by atoms with van der Waals surface area (Å²) in [5, 5.41) is 0. The Morgan fingerprint density at radius 3 is 2.61 bits per heavy atom. The molecule has 0 unspecified atom stereocenters. The Balaban J connectivity index is 1.54. The van der Waals surface area contributed by atoms with Crippen LogP contribution in [0.15, 0.2) is 24.3 Å². The number of hydrogen-bond donors (Lipinski definition) is 0. The summed E-state index contributed by atoms with van der Waals surface area (Å²) in [4.78, 5) is 2.51. The van der Waals surface area contributed by atoms with Crippen LogP contribution in [0.25, 0.3) is 0 Å². The fourth-order valence-electron chi connectivity index (χ4n) is 2.09. The molecule has 1 aliphatic rings. The molecule has 1 aliphatic heterocycles. The SMILES string of the molecule is Cc1ccc(CSCCCN2CCOCC2)cc1. The number of nitrogens with zero attached hydrogens (tertiary/aromatic N) is 1. The summed E-state index contributed by atoms with van der Waals surface area (Å²) in [6.45, 7) is 7.42. The highest BCUT2D eigenvalue weighted by atomic mass is 32.2. The third kappa shape index (κ3) is 5.01. The number of thioether (sulfide) groups is 1. The Hall–Kier alpha value is -0.510. The lowest BCUT2D eigenvalue weighted by molar-refractivity contribution is 0.0381. The lowest BCUT2D eigenvalue weighted by Gasteiger charge is -2.26. The molecule has 2 rings (SSSR count). The van der Waals surface area contributed by atoms with Gasteiger partial charge in [0.2, 0.25) is 0 Å². The van der Waals surface area contributed by atoms with Gasteiger partial charge in [-0.15, -0.1) is 0 Å². The molecule has 100 valence electrons. The monoisotopic (exact) mass is 265 g/mol. The number of aryl methyl sites for hydroxylation is 1. The smallest absolute Gasteiger partial charge is 0.0594 e. The van der Waals surface area contributed by atoms with Gasteiger partial charge in [-0.3, -0.25) is 4.90 Å². The van der Waals surface area contributed by atoms with E-state index in [0.29, 0.717) is 0 Å². The number of ether oxygens (including phenoxy) is 1. The largest absolute Gasteiger partial charge is 0.379 e. The van der Waals surface area contributed by atoms with Crippen LogP contribution in [0, 0.1) is 6.92 Å². The summed E-state index contributed by atoms with van der Waals surface area (Å²) in [6, 6.07) is 8.88. The molecule has 1 aromatic rings. The number of benzene rings is 1. The normalized spacial score (nSPS) is 16.9. The van der Waals surface area contributed by atoms with Gasteiger partial charge in [-0.05, 0) is 31.2 Å². The minimum atomic E-state index is 0.913. The van der Waals surface area contributed by atoms with Crippen molar-refractivity contribution in [2.24, 2.45) is 0 Å². The fraction of sp³-hybridized carbons (Fsp3) is 0.600. The van der Waals surface area contributed by atoms with E-state index in [1.807, 2.05) is 11.8 Å². The third-order valence-corrected chi connectivity index (χ3v) is 4.37. The predicted octanol–water partition coefficient (Wildman–Crippen LogP) is 2.95. The van der Waals surface area contributed by atoms with E-state index in [4.69, 9.17) is 4.74 Å². The van der Waals surface area contributed by atoms with Crippen LogP contribution in [-0.2, 0) is 10.5 Å². The van der Waals surface area contributed by atoms with Gasteiger partial charge < -0.3 is 4.74 Å². The highest BCUT2D eigenvalue weighted by molar-refractivity contribution is 7.98. The number of rotatable bonds is 6. The Morgan fingerprint density at radius 2 is 1.89 bits per heavy atom. The second kappa shape index (κ2) is 7.82. The molecule has 0 saturated carbocycles. The van der Waals surface area contributed by atoms with Crippen LogP contribution in [-0.4, -0.2) is 43.5 Å². The lowest BCUT2D eigenvalue weighted by atomic mass is 10.2. The lowest BCUT2D eigenvalue weighted by Crippen LogP contribution is -2.36. The maximum Gasteiger partial charge on any atom is 0.0594 e. The summed E-state index contributed by atoms with van der Waals surface area (Å²) in [6.07, 6.45) is 1.29. The molecule has 18 heavy (non-hydrogen) atoms. The maximum atomic E-state index is 5.35. The Kier molecular flexibility index (Phi) is 6.05. The summed E-state index contributed by atoms with van der Waals surface area (Å²) < 4.78 is 5.35. The van der Waals surface area contributed by atoms with Crippen molar-refractivity contribution in [1.29, 1.82) is 0 Å². The molecule has 0 bridgehead atoms. The molecular weight excluding hydrogens is 242 g/mol. The minimum Gasteiger partial charge on any atom is -0.379 e. The average molecular weight is 265 g/mol. The third-order valence-electron chi connectivity index (χ3n) is 3.26. The molecule has 2 nitrogen and oxygen atoms in total. The van der Waals surface area contributed by atoms with Crippen LogP contribution in [0.4, 0.5) is 0 Å². The van der Waals surface area contributed by atoms with E-state index < -0.39 is 0 Å². The molecule has 0 atom stereocenters. The predicted molar refractivity (Wildman–Crippen MR) is 79.2 cm³/mol. The summed E-state index contributed by atoms with van der Waals surface area (Å²) in [5.41, 5.74) is 2.79. The fourth-order valence-corrected chi connectivity index (χ4v) is 3.00. The van der Waals surface area contributed by atoms with Crippen molar-refractivity contribution >= 4 is 11.8 Å². The first-order chi connectivity index (χ1) is 8.84. The molecule has 1 aromatic carbocycles. The van der Waals surface area contributed by atoms with Crippen LogP contribution in [0.3, 0.4) is 0 Å². The van der Waals surface area contributed by atoms with Crippen LogP contribution in [0.2, 0.25) is 0 Å². The first-order valence-electron chi connectivity index (χ1n) is 6.78. The van der Waals surface area contributed by atoms with E-state index in [9.17, 15) is 0 Å². The molecule has 0 amide bonds. The summed E-state index contributed by atoms with van der Waals surface area (Å²) >= 11 is 2.04. The topological polar surface area (TPSA) is 12.5 Å². The molecular formula is C15H23NOS. The Bertz CT molecular complexity index is 333. The van der Waals surface area contributed by atoms with Crippen molar-refractivity contribution in [2.75, 3.05) is 38.6 Å². The van der Waals surface area contributed by atoms with Gasteiger partial charge in [0.25, 0.3) is 0 Å². The van der Waals surface area contributed by atoms with Gasteiger partial charge in [-0.25, -0.2) is 0 Å². The van der Waals surface area contributed by atoms with Crippen molar-refractivity contribution in [3.63, 3.8) is 0 Å². The van der Waals surface area contributed by atoms with E-state index in [1.54, 1.807) is 0 Å². The first-order valence-corrected chi connectivity index (χ1v) is 7.93. The van der Waals surface area contributed by atoms with Gasteiger partial charge in [-0.1, -0.05) is 29.8 Å². The van der Waals surface area contributed by atoms with Gasteiger partial charge in [0.15, 0.2) is 0 Å².